The second-order valence-electron chi connectivity index (χ2n) is 5.11. The van der Waals surface area contributed by atoms with Gasteiger partial charge in [-0.15, -0.1) is 0 Å². The molecule has 0 N–H and O–H groups in total. The Hall–Kier alpha value is -0.570. The van der Waals surface area contributed by atoms with Gasteiger partial charge in [0.1, 0.15) is 12.1 Å². The predicted molar refractivity (Wildman–Crippen MR) is 55.8 cm³/mol. The predicted octanol–water partition coefficient (Wildman–Crippen LogP) is 0.848. The standard InChI is InChI=1S/C11H21N2O/c1-4-11(3)9-13(11)7-5-12(6-8-13)10(2)14/h4-9H2,1-3H3/q+1. The number of hydrogen-bond donors (Lipinski definition) is 0. The van der Waals surface area contributed by atoms with Gasteiger partial charge in [0, 0.05) is 13.3 Å². The second-order valence-corrected chi connectivity index (χ2v) is 5.11. The number of carbonyl (C=O) groups is 1. The molecule has 2 aliphatic heterocycles. The second kappa shape index (κ2) is 2.96. The van der Waals surface area contributed by atoms with Gasteiger partial charge in [0.15, 0.2) is 0 Å². The van der Waals surface area contributed by atoms with Crippen molar-refractivity contribution in [2.75, 3.05) is 32.7 Å². The van der Waals surface area contributed by atoms with Crippen LogP contribution >= 0.6 is 0 Å². The fourth-order valence-electron chi connectivity index (χ4n) is 2.92. The molecule has 0 aliphatic carbocycles. The van der Waals surface area contributed by atoms with Crippen LogP contribution < -0.4 is 0 Å². The maximum absolute atomic E-state index is 11.2. The lowest BCUT2D eigenvalue weighted by Crippen LogP contribution is -2.52. The summed E-state index contributed by atoms with van der Waals surface area (Å²) in [6.07, 6.45) is 1.27. The highest BCUT2D eigenvalue weighted by Crippen LogP contribution is 2.45. The van der Waals surface area contributed by atoms with Crippen molar-refractivity contribution in [3.05, 3.63) is 0 Å². The molecule has 2 rings (SSSR count). The maximum Gasteiger partial charge on any atom is 0.219 e. The highest BCUT2D eigenvalue weighted by molar-refractivity contribution is 5.73. The molecule has 1 spiro atoms. The van der Waals surface area contributed by atoms with Crippen LogP contribution in [0.4, 0.5) is 0 Å². The largest absolute Gasteiger partial charge is 0.332 e. The van der Waals surface area contributed by atoms with Crippen LogP contribution in [-0.4, -0.2) is 53.6 Å². The minimum absolute atomic E-state index is 0.239. The molecule has 3 nitrogen and oxygen atoms in total. The SMILES string of the molecule is CCC1(C)C[N+]12CCN(C(C)=O)CC2. The van der Waals surface area contributed by atoms with E-state index in [9.17, 15) is 4.79 Å². The first-order chi connectivity index (χ1) is 6.53. The van der Waals surface area contributed by atoms with Gasteiger partial charge in [0.2, 0.25) is 5.91 Å². The Balaban J connectivity index is 1.95. The lowest BCUT2D eigenvalue weighted by atomic mass is 10.1. The molecular formula is C11H21N2O+. The van der Waals surface area contributed by atoms with Gasteiger partial charge >= 0.3 is 0 Å². The summed E-state index contributed by atoms with van der Waals surface area (Å²) in [5, 5.41) is 0. The number of carbonyl (C=O) groups excluding carboxylic acids is 1. The van der Waals surface area contributed by atoms with Crippen molar-refractivity contribution in [3.63, 3.8) is 0 Å². The Labute approximate surface area is 86.3 Å². The van der Waals surface area contributed by atoms with Crippen LogP contribution in [0.25, 0.3) is 0 Å². The number of hydrogen-bond acceptors (Lipinski definition) is 1. The van der Waals surface area contributed by atoms with E-state index >= 15 is 0 Å². The molecule has 0 aromatic carbocycles. The molecule has 3 heteroatoms. The third-order valence-electron chi connectivity index (χ3n) is 4.49. The molecule has 80 valence electrons. The highest BCUT2D eigenvalue weighted by atomic mass is 16.2. The number of amides is 1. The van der Waals surface area contributed by atoms with Crippen LogP contribution in [0.1, 0.15) is 27.2 Å². The van der Waals surface area contributed by atoms with Gasteiger partial charge in [-0.3, -0.25) is 4.79 Å². The Bertz CT molecular complexity index is 256. The summed E-state index contributed by atoms with van der Waals surface area (Å²) in [4.78, 5) is 13.2. The Morgan fingerprint density at radius 3 is 2.36 bits per heavy atom. The summed E-state index contributed by atoms with van der Waals surface area (Å²) in [5.74, 6) is 0.239. The van der Waals surface area contributed by atoms with Crippen LogP contribution in [0, 0.1) is 0 Å². The number of quaternary nitrogens is 1. The number of piperazine rings is 1. The first kappa shape index (κ1) is 9.97. The molecule has 0 aromatic rings. The monoisotopic (exact) mass is 197 g/mol. The van der Waals surface area contributed by atoms with E-state index in [1.807, 2.05) is 4.90 Å². The molecule has 1 atom stereocenters. The van der Waals surface area contributed by atoms with Gasteiger partial charge < -0.3 is 9.38 Å². The van der Waals surface area contributed by atoms with Gasteiger partial charge in [-0.05, 0) is 6.92 Å². The van der Waals surface area contributed by atoms with Crippen molar-refractivity contribution in [2.45, 2.75) is 32.7 Å². The van der Waals surface area contributed by atoms with Gasteiger partial charge in [0.25, 0.3) is 0 Å². The highest BCUT2D eigenvalue weighted by Gasteiger charge is 2.65. The summed E-state index contributed by atoms with van der Waals surface area (Å²) in [6, 6.07) is 0. The topological polar surface area (TPSA) is 20.3 Å². The van der Waals surface area contributed by atoms with Gasteiger partial charge in [-0.25, -0.2) is 0 Å². The summed E-state index contributed by atoms with van der Waals surface area (Å²) in [7, 11) is 0. The Kier molecular flexibility index (Phi) is 2.11. The van der Waals surface area contributed by atoms with Crippen LogP contribution in [0.2, 0.25) is 0 Å². The van der Waals surface area contributed by atoms with E-state index in [1.165, 1.54) is 30.5 Å². The average molecular weight is 197 g/mol. The number of nitrogens with zero attached hydrogens (tertiary/aromatic N) is 2. The number of rotatable bonds is 1. The fourth-order valence-corrected chi connectivity index (χ4v) is 2.92. The maximum atomic E-state index is 11.2. The molecule has 1 unspecified atom stereocenters. The van der Waals surface area contributed by atoms with E-state index in [4.69, 9.17) is 0 Å². The summed E-state index contributed by atoms with van der Waals surface area (Å²) in [5.41, 5.74) is 0.531. The molecule has 2 aliphatic rings. The van der Waals surface area contributed by atoms with E-state index in [2.05, 4.69) is 13.8 Å². The zero-order chi connectivity index (χ0) is 10.4. The van der Waals surface area contributed by atoms with E-state index in [0.717, 1.165) is 13.1 Å². The average Bonchev–Trinajstić information content (AvgIpc) is 2.73. The molecule has 2 saturated heterocycles. The van der Waals surface area contributed by atoms with Crippen LogP contribution in [-0.2, 0) is 4.79 Å². The molecule has 14 heavy (non-hydrogen) atoms. The molecule has 0 saturated carbocycles. The molecule has 2 fully saturated rings. The van der Waals surface area contributed by atoms with E-state index in [0.29, 0.717) is 5.54 Å². The minimum Gasteiger partial charge on any atom is -0.332 e. The van der Waals surface area contributed by atoms with Crippen molar-refractivity contribution in [3.8, 4) is 0 Å². The Morgan fingerprint density at radius 1 is 1.43 bits per heavy atom. The fraction of sp³-hybridized carbons (Fsp3) is 0.909. The molecule has 1 amide bonds. The van der Waals surface area contributed by atoms with Crippen molar-refractivity contribution >= 4 is 5.91 Å². The van der Waals surface area contributed by atoms with E-state index < -0.39 is 0 Å². The summed E-state index contributed by atoms with van der Waals surface area (Å²) >= 11 is 0. The third kappa shape index (κ3) is 1.26. The van der Waals surface area contributed by atoms with Crippen molar-refractivity contribution in [1.82, 2.24) is 4.90 Å². The van der Waals surface area contributed by atoms with Gasteiger partial charge in [-0.2, -0.15) is 0 Å². The zero-order valence-electron chi connectivity index (χ0n) is 9.55. The molecule has 2 heterocycles. The van der Waals surface area contributed by atoms with Gasteiger partial charge in [0.05, 0.1) is 26.2 Å². The van der Waals surface area contributed by atoms with Crippen LogP contribution in [0.5, 0.6) is 0 Å². The van der Waals surface area contributed by atoms with Crippen LogP contribution in [0.3, 0.4) is 0 Å². The lowest BCUT2D eigenvalue weighted by Gasteiger charge is -2.34. The van der Waals surface area contributed by atoms with Gasteiger partial charge in [-0.1, -0.05) is 6.92 Å². The van der Waals surface area contributed by atoms with E-state index in [-0.39, 0.29) is 5.91 Å². The van der Waals surface area contributed by atoms with Crippen molar-refractivity contribution in [1.29, 1.82) is 0 Å². The van der Waals surface area contributed by atoms with E-state index in [1.54, 1.807) is 6.92 Å². The quantitative estimate of drug-likeness (QED) is 0.451. The molecule has 0 bridgehead atoms. The van der Waals surface area contributed by atoms with Crippen LogP contribution in [0.15, 0.2) is 0 Å². The lowest BCUT2D eigenvalue weighted by molar-refractivity contribution is -0.833. The summed E-state index contributed by atoms with van der Waals surface area (Å²) in [6.45, 7) is 11.9. The third-order valence-corrected chi connectivity index (χ3v) is 4.49. The zero-order valence-corrected chi connectivity index (χ0v) is 9.55. The van der Waals surface area contributed by atoms with Crippen molar-refractivity contribution < 1.29 is 9.28 Å². The summed E-state index contributed by atoms with van der Waals surface area (Å²) < 4.78 is 1.27. The molecule has 0 aromatic heterocycles. The molecule has 0 radical (unpaired) electrons. The van der Waals surface area contributed by atoms with Crippen molar-refractivity contribution in [2.24, 2.45) is 0 Å². The smallest absolute Gasteiger partial charge is 0.219 e. The Morgan fingerprint density at radius 2 is 2.00 bits per heavy atom. The first-order valence-electron chi connectivity index (χ1n) is 5.65. The normalized spacial score (nSPS) is 34.6. The first-order valence-corrected chi connectivity index (χ1v) is 5.65. The minimum atomic E-state index is 0.239. The molecular weight excluding hydrogens is 176 g/mol.